The molecule has 1 aromatic heterocycles. The van der Waals surface area contributed by atoms with Gasteiger partial charge in [0.25, 0.3) is 5.91 Å². The lowest BCUT2D eigenvalue weighted by Gasteiger charge is -2.32. The lowest BCUT2D eigenvalue weighted by Crippen LogP contribution is -2.46. The van der Waals surface area contributed by atoms with Crippen LogP contribution in [-0.2, 0) is 4.79 Å². The molecule has 1 saturated heterocycles. The Morgan fingerprint density at radius 2 is 1.88 bits per heavy atom. The number of carbonyl (C=O) groups excluding carboxylic acids is 1. The van der Waals surface area contributed by atoms with Crippen LogP contribution in [0.5, 0.6) is 5.75 Å². The molecule has 1 amide bonds. The fourth-order valence-electron chi connectivity index (χ4n) is 2.73. The standard InChI is InChI=1S/C18H22N4O2/c1-14-3-5-16(6-4-14)24-13-17(23)21-15-7-11-22(12-8-15)18-19-9-2-10-20-18/h2-6,9-10,15H,7-8,11-13H2,1H3,(H,21,23). The number of ether oxygens (including phenoxy) is 1. The monoisotopic (exact) mass is 326 g/mol. The van der Waals surface area contributed by atoms with Crippen LogP contribution in [-0.4, -0.2) is 41.6 Å². The summed E-state index contributed by atoms with van der Waals surface area (Å²) in [4.78, 5) is 22.7. The summed E-state index contributed by atoms with van der Waals surface area (Å²) in [5, 5.41) is 3.04. The van der Waals surface area contributed by atoms with Gasteiger partial charge in [-0.05, 0) is 38.0 Å². The van der Waals surface area contributed by atoms with Gasteiger partial charge >= 0.3 is 0 Å². The molecule has 126 valence electrons. The number of piperidine rings is 1. The Hall–Kier alpha value is -2.63. The first kappa shape index (κ1) is 16.2. The largest absolute Gasteiger partial charge is 0.484 e. The maximum absolute atomic E-state index is 12.0. The molecule has 24 heavy (non-hydrogen) atoms. The fourth-order valence-corrected chi connectivity index (χ4v) is 2.73. The molecule has 1 fully saturated rings. The predicted octanol–water partition coefficient (Wildman–Crippen LogP) is 1.95. The van der Waals surface area contributed by atoms with Gasteiger partial charge in [-0.3, -0.25) is 4.79 Å². The number of rotatable bonds is 5. The van der Waals surface area contributed by atoms with E-state index >= 15 is 0 Å². The molecule has 0 atom stereocenters. The van der Waals surface area contributed by atoms with Crippen LogP contribution in [0.3, 0.4) is 0 Å². The maximum atomic E-state index is 12.0. The summed E-state index contributed by atoms with van der Waals surface area (Å²) in [6.07, 6.45) is 5.26. The van der Waals surface area contributed by atoms with Gasteiger partial charge in [-0.1, -0.05) is 17.7 Å². The lowest BCUT2D eigenvalue weighted by molar-refractivity contribution is -0.123. The van der Waals surface area contributed by atoms with Crippen molar-refractivity contribution in [2.75, 3.05) is 24.6 Å². The number of hydrogen-bond acceptors (Lipinski definition) is 5. The molecule has 0 saturated carbocycles. The molecule has 0 bridgehead atoms. The minimum Gasteiger partial charge on any atom is -0.484 e. The van der Waals surface area contributed by atoms with E-state index in [1.807, 2.05) is 37.3 Å². The van der Waals surface area contributed by atoms with Gasteiger partial charge in [-0.2, -0.15) is 0 Å². The smallest absolute Gasteiger partial charge is 0.258 e. The number of aryl methyl sites for hydroxylation is 1. The highest BCUT2D eigenvalue weighted by Crippen LogP contribution is 2.15. The van der Waals surface area contributed by atoms with Crippen molar-refractivity contribution >= 4 is 11.9 Å². The molecule has 0 spiro atoms. The lowest BCUT2D eigenvalue weighted by atomic mass is 10.1. The van der Waals surface area contributed by atoms with E-state index in [0.717, 1.165) is 31.9 Å². The molecule has 0 unspecified atom stereocenters. The average molecular weight is 326 g/mol. The van der Waals surface area contributed by atoms with E-state index in [2.05, 4.69) is 20.2 Å². The molecule has 1 N–H and O–H groups in total. The molecular formula is C18H22N4O2. The highest BCUT2D eigenvalue weighted by molar-refractivity contribution is 5.77. The number of nitrogens with one attached hydrogen (secondary N) is 1. The van der Waals surface area contributed by atoms with Crippen LogP contribution >= 0.6 is 0 Å². The Balaban J connectivity index is 1.41. The van der Waals surface area contributed by atoms with Crippen molar-refractivity contribution in [2.24, 2.45) is 0 Å². The second-order valence-electron chi connectivity index (χ2n) is 5.98. The van der Waals surface area contributed by atoms with Crippen molar-refractivity contribution in [3.05, 3.63) is 48.3 Å². The van der Waals surface area contributed by atoms with Crippen LogP contribution in [0.25, 0.3) is 0 Å². The number of hydrogen-bond donors (Lipinski definition) is 1. The van der Waals surface area contributed by atoms with Crippen molar-refractivity contribution in [1.29, 1.82) is 0 Å². The normalized spacial score (nSPS) is 15.1. The van der Waals surface area contributed by atoms with Crippen LogP contribution < -0.4 is 15.0 Å². The number of aromatic nitrogens is 2. The van der Waals surface area contributed by atoms with E-state index in [-0.39, 0.29) is 18.6 Å². The van der Waals surface area contributed by atoms with Crippen LogP contribution in [0.1, 0.15) is 18.4 Å². The van der Waals surface area contributed by atoms with Gasteiger partial charge in [-0.15, -0.1) is 0 Å². The van der Waals surface area contributed by atoms with Gasteiger partial charge in [0, 0.05) is 31.5 Å². The second-order valence-corrected chi connectivity index (χ2v) is 5.98. The zero-order valence-corrected chi connectivity index (χ0v) is 13.8. The Labute approximate surface area is 141 Å². The first-order chi connectivity index (χ1) is 11.7. The van der Waals surface area contributed by atoms with E-state index < -0.39 is 0 Å². The van der Waals surface area contributed by atoms with Crippen LogP contribution in [0.2, 0.25) is 0 Å². The van der Waals surface area contributed by atoms with Gasteiger partial charge in [0.2, 0.25) is 5.95 Å². The molecule has 2 aromatic rings. The van der Waals surface area contributed by atoms with Crippen LogP contribution in [0.4, 0.5) is 5.95 Å². The Kier molecular flexibility index (Phi) is 5.25. The molecule has 0 aliphatic carbocycles. The molecule has 6 nitrogen and oxygen atoms in total. The zero-order valence-electron chi connectivity index (χ0n) is 13.8. The van der Waals surface area contributed by atoms with Gasteiger partial charge < -0.3 is 15.0 Å². The fraction of sp³-hybridized carbons (Fsp3) is 0.389. The minimum atomic E-state index is -0.0787. The van der Waals surface area contributed by atoms with E-state index in [0.29, 0.717) is 5.75 Å². The summed E-state index contributed by atoms with van der Waals surface area (Å²) in [6, 6.07) is 9.68. The topological polar surface area (TPSA) is 67.3 Å². The van der Waals surface area contributed by atoms with Crippen molar-refractivity contribution < 1.29 is 9.53 Å². The summed E-state index contributed by atoms with van der Waals surface area (Å²) >= 11 is 0. The quantitative estimate of drug-likeness (QED) is 0.909. The number of benzene rings is 1. The summed E-state index contributed by atoms with van der Waals surface area (Å²) in [5.41, 5.74) is 1.17. The van der Waals surface area contributed by atoms with Crippen molar-refractivity contribution in [3.63, 3.8) is 0 Å². The summed E-state index contributed by atoms with van der Waals surface area (Å²) in [6.45, 7) is 3.75. The molecule has 3 rings (SSSR count). The zero-order chi connectivity index (χ0) is 16.8. The van der Waals surface area contributed by atoms with E-state index in [1.165, 1.54) is 5.56 Å². The first-order valence-electron chi connectivity index (χ1n) is 8.21. The second kappa shape index (κ2) is 7.77. The molecule has 1 aliphatic heterocycles. The Morgan fingerprint density at radius 1 is 1.21 bits per heavy atom. The average Bonchev–Trinajstić information content (AvgIpc) is 2.63. The number of anilines is 1. The first-order valence-corrected chi connectivity index (χ1v) is 8.21. The van der Waals surface area contributed by atoms with Crippen molar-refractivity contribution in [1.82, 2.24) is 15.3 Å². The highest BCUT2D eigenvalue weighted by Gasteiger charge is 2.22. The molecule has 2 heterocycles. The van der Waals surface area contributed by atoms with E-state index in [9.17, 15) is 4.79 Å². The SMILES string of the molecule is Cc1ccc(OCC(=O)NC2CCN(c3ncccn3)CC2)cc1. The third-order valence-corrected chi connectivity index (χ3v) is 4.09. The minimum absolute atomic E-state index is 0.0467. The predicted molar refractivity (Wildman–Crippen MR) is 92.1 cm³/mol. The molecule has 6 heteroatoms. The van der Waals surface area contributed by atoms with Gasteiger partial charge in [0.1, 0.15) is 5.75 Å². The molecule has 1 aromatic carbocycles. The number of carbonyl (C=O) groups is 1. The third kappa shape index (κ3) is 4.44. The summed E-state index contributed by atoms with van der Waals surface area (Å²) < 4.78 is 5.51. The van der Waals surface area contributed by atoms with E-state index in [4.69, 9.17) is 4.74 Å². The van der Waals surface area contributed by atoms with Gasteiger partial charge in [0.15, 0.2) is 6.61 Å². The van der Waals surface area contributed by atoms with Crippen molar-refractivity contribution in [3.8, 4) is 5.75 Å². The van der Waals surface area contributed by atoms with Crippen molar-refractivity contribution in [2.45, 2.75) is 25.8 Å². The van der Waals surface area contributed by atoms with Gasteiger partial charge in [-0.25, -0.2) is 9.97 Å². The summed E-state index contributed by atoms with van der Waals surface area (Å²) in [5.74, 6) is 1.39. The maximum Gasteiger partial charge on any atom is 0.258 e. The number of nitrogens with zero attached hydrogens (tertiary/aromatic N) is 3. The van der Waals surface area contributed by atoms with Crippen LogP contribution in [0, 0.1) is 6.92 Å². The van der Waals surface area contributed by atoms with E-state index in [1.54, 1.807) is 12.4 Å². The molecule has 0 radical (unpaired) electrons. The third-order valence-electron chi connectivity index (χ3n) is 4.09. The van der Waals surface area contributed by atoms with Gasteiger partial charge in [0.05, 0.1) is 0 Å². The molecule has 1 aliphatic rings. The van der Waals surface area contributed by atoms with Crippen LogP contribution in [0.15, 0.2) is 42.7 Å². The highest BCUT2D eigenvalue weighted by atomic mass is 16.5. The Morgan fingerprint density at radius 3 is 2.54 bits per heavy atom. The number of amides is 1. The molecular weight excluding hydrogens is 304 g/mol. The Bertz CT molecular complexity index is 652. The summed E-state index contributed by atoms with van der Waals surface area (Å²) in [7, 11) is 0.